The van der Waals surface area contributed by atoms with Crippen molar-refractivity contribution in [1.29, 1.82) is 0 Å². The first-order chi connectivity index (χ1) is 12.5. The lowest BCUT2D eigenvalue weighted by Gasteiger charge is -2.10. The topological polar surface area (TPSA) is 76.1 Å². The van der Waals surface area contributed by atoms with E-state index in [1.807, 2.05) is 0 Å². The minimum atomic E-state index is -0.411. The van der Waals surface area contributed by atoms with Crippen molar-refractivity contribution < 1.29 is 13.9 Å². The molecule has 0 unspecified atom stereocenters. The van der Waals surface area contributed by atoms with E-state index in [9.17, 15) is 9.18 Å². The number of nitrogens with zero attached hydrogens (tertiary/aromatic N) is 2. The fourth-order valence-corrected chi connectivity index (χ4v) is 2.34. The molecule has 1 amide bonds. The van der Waals surface area contributed by atoms with Gasteiger partial charge in [-0.1, -0.05) is 18.2 Å². The first kappa shape index (κ1) is 17.3. The van der Waals surface area contributed by atoms with Crippen LogP contribution in [0, 0.1) is 12.7 Å². The zero-order valence-electron chi connectivity index (χ0n) is 14.3. The van der Waals surface area contributed by atoms with Gasteiger partial charge in [-0.2, -0.15) is 0 Å². The number of amides is 1. The molecule has 26 heavy (non-hydrogen) atoms. The summed E-state index contributed by atoms with van der Waals surface area (Å²) in [4.78, 5) is 20.8. The van der Waals surface area contributed by atoms with Gasteiger partial charge in [0.05, 0.1) is 12.8 Å². The molecule has 2 N–H and O–H groups in total. The van der Waals surface area contributed by atoms with Crippen molar-refractivity contribution in [3.05, 3.63) is 71.9 Å². The number of hydrogen-bond acceptors (Lipinski definition) is 5. The number of benzene rings is 2. The van der Waals surface area contributed by atoms with Crippen LogP contribution in [-0.4, -0.2) is 23.0 Å². The molecule has 0 aliphatic rings. The van der Waals surface area contributed by atoms with Gasteiger partial charge in [-0.05, 0) is 31.2 Å². The van der Waals surface area contributed by atoms with Crippen molar-refractivity contribution in [3.63, 3.8) is 0 Å². The molecule has 0 atom stereocenters. The first-order valence-corrected chi connectivity index (χ1v) is 7.88. The third-order valence-electron chi connectivity index (χ3n) is 3.53. The van der Waals surface area contributed by atoms with Crippen molar-refractivity contribution in [2.45, 2.75) is 6.92 Å². The van der Waals surface area contributed by atoms with Gasteiger partial charge in [-0.3, -0.25) is 4.79 Å². The molecule has 0 saturated heterocycles. The summed E-state index contributed by atoms with van der Waals surface area (Å²) in [5, 5.41) is 5.62. The summed E-state index contributed by atoms with van der Waals surface area (Å²) in [5.74, 6) is 0.538. The molecule has 132 valence electrons. The highest BCUT2D eigenvalue weighted by Gasteiger charge is 2.12. The molecule has 3 aromatic rings. The van der Waals surface area contributed by atoms with Crippen LogP contribution < -0.4 is 15.4 Å². The summed E-state index contributed by atoms with van der Waals surface area (Å²) in [6, 6.07) is 14.7. The van der Waals surface area contributed by atoms with Crippen molar-refractivity contribution in [1.82, 2.24) is 9.97 Å². The van der Waals surface area contributed by atoms with Crippen LogP contribution in [0.3, 0.4) is 0 Å². The Hall–Kier alpha value is -3.48. The predicted octanol–water partition coefficient (Wildman–Crippen LogP) is 3.93. The lowest BCUT2D eigenvalue weighted by atomic mass is 10.2. The zero-order chi connectivity index (χ0) is 18.5. The normalized spacial score (nSPS) is 10.3. The Bertz CT molecular complexity index is 946. The summed E-state index contributed by atoms with van der Waals surface area (Å²) < 4.78 is 18.9. The van der Waals surface area contributed by atoms with E-state index in [0.717, 1.165) is 0 Å². The summed E-state index contributed by atoms with van der Waals surface area (Å²) in [6.07, 6.45) is 0. The molecule has 0 fully saturated rings. The summed E-state index contributed by atoms with van der Waals surface area (Å²) >= 11 is 0. The van der Waals surface area contributed by atoms with E-state index in [1.165, 1.54) is 12.1 Å². The maximum atomic E-state index is 13.8. The van der Waals surface area contributed by atoms with E-state index >= 15 is 0 Å². The average molecular weight is 352 g/mol. The van der Waals surface area contributed by atoms with Gasteiger partial charge in [0, 0.05) is 17.8 Å². The fraction of sp³-hybridized carbons (Fsp3) is 0.105. The van der Waals surface area contributed by atoms with Crippen molar-refractivity contribution >= 4 is 23.1 Å². The Kier molecular flexibility index (Phi) is 5.07. The number of carbonyl (C=O) groups is 1. The number of aromatic nitrogens is 2. The van der Waals surface area contributed by atoms with Gasteiger partial charge < -0.3 is 15.4 Å². The third-order valence-corrected chi connectivity index (χ3v) is 3.53. The first-order valence-electron chi connectivity index (χ1n) is 7.88. The quantitative estimate of drug-likeness (QED) is 0.728. The molecule has 0 aliphatic heterocycles. The number of para-hydroxylation sites is 1. The van der Waals surface area contributed by atoms with Gasteiger partial charge in [0.1, 0.15) is 28.9 Å². The maximum Gasteiger partial charge on any atom is 0.274 e. The predicted molar refractivity (Wildman–Crippen MR) is 97.4 cm³/mol. The zero-order valence-corrected chi connectivity index (χ0v) is 14.3. The molecule has 0 radical (unpaired) electrons. The van der Waals surface area contributed by atoms with Crippen LogP contribution in [0.15, 0.2) is 54.6 Å². The number of aryl methyl sites for hydroxylation is 1. The van der Waals surface area contributed by atoms with Gasteiger partial charge in [-0.25, -0.2) is 14.4 Å². The van der Waals surface area contributed by atoms with Crippen LogP contribution in [-0.2, 0) is 0 Å². The lowest BCUT2D eigenvalue weighted by Crippen LogP contribution is -2.15. The van der Waals surface area contributed by atoms with Gasteiger partial charge >= 0.3 is 0 Å². The van der Waals surface area contributed by atoms with Gasteiger partial charge in [0.25, 0.3) is 5.91 Å². The molecule has 0 aliphatic carbocycles. The Labute approximate surface area is 150 Å². The molecule has 1 heterocycles. The number of nitrogens with one attached hydrogen (secondary N) is 2. The smallest absolute Gasteiger partial charge is 0.274 e. The van der Waals surface area contributed by atoms with Crippen molar-refractivity contribution in [3.8, 4) is 5.75 Å². The van der Waals surface area contributed by atoms with Crippen molar-refractivity contribution in [2.24, 2.45) is 0 Å². The molecule has 0 bridgehead atoms. The molecular weight excluding hydrogens is 335 g/mol. The SMILES string of the molecule is COc1cccc(NC(=O)c2cc(Nc3ccccc3F)nc(C)n2)c1. The van der Waals surface area contributed by atoms with E-state index in [2.05, 4.69) is 20.6 Å². The van der Waals surface area contributed by atoms with Crippen LogP contribution in [0.5, 0.6) is 5.75 Å². The van der Waals surface area contributed by atoms with Crippen LogP contribution >= 0.6 is 0 Å². The molecule has 6 nitrogen and oxygen atoms in total. The third kappa shape index (κ3) is 4.13. The van der Waals surface area contributed by atoms with E-state index < -0.39 is 11.7 Å². The number of hydrogen-bond donors (Lipinski definition) is 2. The number of methoxy groups -OCH3 is 1. The van der Waals surface area contributed by atoms with E-state index in [4.69, 9.17) is 4.74 Å². The Morgan fingerprint density at radius 3 is 2.65 bits per heavy atom. The largest absolute Gasteiger partial charge is 0.497 e. The van der Waals surface area contributed by atoms with Gasteiger partial charge in [0.2, 0.25) is 0 Å². The van der Waals surface area contributed by atoms with E-state index in [1.54, 1.807) is 56.5 Å². The monoisotopic (exact) mass is 352 g/mol. The number of carbonyl (C=O) groups excluding carboxylic acids is 1. The molecule has 1 aromatic heterocycles. The Morgan fingerprint density at radius 2 is 1.88 bits per heavy atom. The van der Waals surface area contributed by atoms with E-state index in [-0.39, 0.29) is 11.4 Å². The van der Waals surface area contributed by atoms with Crippen LogP contribution in [0.2, 0.25) is 0 Å². The standard InChI is InChI=1S/C19H17FN4O2/c1-12-21-17(19(25)23-13-6-5-7-14(10-13)26-2)11-18(22-12)24-16-9-4-3-8-15(16)20/h3-11H,1-2H3,(H,23,25)(H,21,22,24). The number of ether oxygens (including phenoxy) is 1. The second-order valence-corrected chi connectivity index (χ2v) is 5.48. The molecular formula is C19H17FN4O2. The molecule has 2 aromatic carbocycles. The number of halogens is 1. The van der Waals surface area contributed by atoms with Crippen LogP contribution in [0.4, 0.5) is 21.6 Å². The molecule has 0 saturated carbocycles. The lowest BCUT2D eigenvalue weighted by molar-refractivity contribution is 0.102. The highest BCUT2D eigenvalue weighted by Crippen LogP contribution is 2.20. The number of rotatable bonds is 5. The minimum absolute atomic E-state index is 0.166. The van der Waals surface area contributed by atoms with Crippen LogP contribution in [0.1, 0.15) is 16.3 Å². The maximum absolute atomic E-state index is 13.8. The minimum Gasteiger partial charge on any atom is -0.497 e. The Morgan fingerprint density at radius 1 is 1.08 bits per heavy atom. The summed E-state index contributed by atoms with van der Waals surface area (Å²) in [6.45, 7) is 1.66. The van der Waals surface area contributed by atoms with Gasteiger partial charge in [0.15, 0.2) is 0 Å². The number of anilines is 3. The Balaban J connectivity index is 1.82. The summed E-state index contributed by atoms with van der Waals surface area (Å²) in [5.41, 5.74) is 1.01. The second-order valence-electron chi connectivity index (χ2n) is 5.48. The molecule has 3 rings (SSSR count). The van der Waals surface area contributed by atoms with Gasteiger partial charge in [-0.15, -0.1) is 0 Å². The highest BCUT2D eigenvalue weighted by atomic mass is 19.1. The fourth-order valence-electron chi connectivity index (χ4n) is 2.34. The summed E-state index contributed by atoms with van der Waals surface area (Å²) in [7, 11) is 1.55. The average Bonchev–Trinajstić information content (AvgIpc) is 2.63. The second kappa shape index (κ2) is 7.60. The molecule has 7 heteroatoms. The molecule has 0 spiro atoms. The van der Waals surface area contributed by atoms with Crippen LogP contribution in [0.25, 0.3) is 0 Å². The van der Waals surface area contributed by atoms with Crippen molar-refractivity contribution in [2.75, 3.05) is 17.7 Å². The van der Waals surface area contributed by atoms with E-state index in [0.29, 0.717) is 23.1 Å². The highest BCUT2D eigenvalue weighted by molar-refractivity contribution is 6.03.